The maximum Gasteiger partial charge on any atom is 0.254 e. The minimum atomic E-state index is -0.245. The predicted molar refractivity (Wildman–Crippen MR) is 145 cm³/mol. The van der Waals surface area contributed by atoms with Gasteiger partial charge in [-0.05, 0) is 58.2 Å². The average Bonchev–Trinajstić information content (AvgIpc) is 3.56. The Morgan fingerprint density at radius 1 is 1.11 bits per heavy atom. The van der Waals surface area contributed by atoms with Crippen LogP contribution in [0.2, 0.25) is 0 Å². The second-order valence-corrected chi connectivity index (χ2v) is 11.5. The van der Waals surface area contributed by atoms with Gasteiger partial charge in [0.05, 0.1) is 6.04 Å². The summed E-state index contributed by atoms with van der Waals surface area (Å²) in [6, 6.07) is 15.6. The van der Waals surface area contributed by atoms with Crippen LogP contribution in [0.1, 0.15) is 58.7 Å². The molecule has 192 valence electrons. The summed E-state index contributed by atoms with van der Waals surface area (Å²) < 4.78 is 10.8. The zero-order valence-corrected chi connectivity index (χ0v) is 22.3. The van der Waals surface area contributed by atoms with E-state index in [1.54, 1.807) is 35.6 Å². The number of amides is 2. The molecular weight excluding hydrogens is 484 g/mol. The van der Waals surface area contributed by atoms with Crippen LogP contribution < -0.4 is 9.47 Å². The number of benzene rings is 2. The van der Waals surface area contributed by atoms with Gasteiger partial charge in [0.25, 0.3) is 5.91 Å². The number of thiophene rings is 1. The van der Waals surface area contributed by atoms with Crippen LogP contribution in [0, 0.1) is 0 Å². The Labute approximate surface area is 222 Å². The molecule has 0 aliphatic carbocycles. The number of carbonyl (C=O) groups excluding carboxylic acids is 2. The minimum Gasteiger partial charge on any atom is -0.454 e. The molecule has 0 saturated carbocycles. The number of carbonyl (C=O) groups is 2. The van der Waals surface area contributed by atoms with E-state index in [-0.39, 0.29) is 43.2 Å². The Bertz CT molecular complexity index is 1320. The zero-order valence-electron chi connectivity index (χ0n) is 21.5. The molecule has 2 aromatic carbocycles. The molecule has 5 rings (SSSR count). The first-order chi connectivity index (χ1) is 17.8. The van der Waals surface area contributed by atoms with E-state index in [2.05, 4.69) is 63.1 Å². The van der Waals surface area contributed by atoms with Gasteiger partial charge in [0.15, 0.2) is 11.5 Å². The molecule has 1 aromatic heterocycles. The molecule has 6 nitrogen and oxygen atoms in total. The Morgan fingerprint density at radius 2 is 1.86 bits per heavy atom. The van der Waals surface area contributed by atoms with E-state index in [1.807, 2.05) is 4.90 Å². The maximum absolute atomic E-state index is 13.8. The van der Waals surface area contributed by atoms with E-state index < -0.39 is 0 Å². The lowest BCUT2D eigenvalue weighted by molar-refractivity contribution is -0.133. The summed E-state index contributed by atoms with van der Waals surface area (Å²) in [6.45, 7) is 11.4. The molecule has 3 heterocycles. The highest BCUT2D eigenvalue weighted by molar-refractivity contribution is 7.10. The van der Waals surface area contributed by atoms with Crippen LogP contribution in [0.15, 0.2) is 66.6 Å². The van der Waals surface area contributed by atoms with Crippen molar-refractivity contribution < 1.29 is 19.1 Å². The summed E-state index contributed by atoms with van der Waals surface area (Å²) in [5, 5.41) is 2.10. The van der Waals surface area contributed by atoms with Gasteiger partial charge >= 0.3 is 0 Å². The Hall–Kier alpha value is -3.58. The van der Waals surface area contributed by atoms with Gasteiger partial charge in [-0.25, -0.2) is 0 Å². The van der Waals surface area contributed by atoms with E-state index in [1.165, 1.54) is 20.9 Å². The third-order valence-corrected chi connectivity index (χ3v) is 7.96. The summed E-state index contributed by atoms with van der Waals surface area (Å²) in [5.41, 5.74) is 4.01. The topological polar surface area (TPSA) is 59.1 Å². The van der Waals surface area contributed by atoms with Gasteiger partial charge in [-0.1, -0.05) is 51.1 Å². The van der Waals surface area contributed by atoms with Crippen LogP contribution in [0.3, 0.4) is 0 Å². The molecule has 7 heteroatoms. The fraction of sp³-hybridized carbons (Fsp3) is 0.333. The highest BCUT2D eigenvalue weighted by Gasteiger charge is 2.34. The van der Waals surface area contributed by atoms with Crippen LogP contribution in [-0.4, -0.2) is 48.0 Å². The van der Waals surface area contributed by atoms with Gasteiger partial charge in [0.1, 0.15) is 6.54 Å². The third kappa shape index (κ3) is 5.01. The van der Waals surface area contributed by atoms with Crippen molar-refractivity contribution >= 4 is 23.2 Å². The van der Waals surface area contributed by atoms with Crippen LogP contribution in [0.4, 0.5) is 0 Å². The summed E-state index contributed by atoms with van der Waals surface area (Å²) in [5.74, 6) is 0.821. The van der Waals surface area contributed by atoms with E-state index in [4.69, 9.17) is 9.47 Å². The molecule has 3 aromatic rings. The van der Waals surface area contributed by atoms with Crippen LogP contribution in [-0.2, 0) is 16.6 Å². The molecule has 0 saturated heterocycles. The first kappa shape index (κ1) is 25.1. The predicted octanol–water partition coefficient (Wildman–Crippen LogP) is 5.58. The number of nitrogens with zero attached hydrogens (tertiary/aromatic N) is 2. The summed E-state index contributed by atoms with van der Waals surface area (Å²) >= 11 is 1.74. The molecular formula is C30H32N2O4S. The second-order valence-electron chi connectivity index (χ2n) is 10.5. The Balaban J connectivity index is 1.41. The maximum atomic E-state index is 13.8. The highest BCUT2D eigenvalue weighted by Crippen LogP contribution is 2.39. The third-order valence-electron chi connectivity index (χ3n) is 6.96. The standard InChI is InChI=1S/C30H32N2O4S/c1-5-14-31(29(34)21-8-11-24-25(17-21)36-19-35-24)18-27(33)32-15-12-26-23(13-16-37-26)28(32)20-6-9-22(10-7-20)30(2,3)4/h5-11,13,16-17,28H,1,12,14-15,18-19H2,2-4H3. The van der Waals surface area contributed by atoms with Gasteiger partial charge in [0.2, 0.25) is 12.7 Å². The SMILES string of the molecule is C=CCN(CC(=O)N1CCc2sccc2C1c1ccc(C(C)(C)C)cc1)C(=O)c1ccc2c(c1)OCO2. The Morgan fingerprint density at radius 3 is 2.59 bits per heavy atom. The quantitative estimate of drug-likeness (QED) is 0.402. The lowest BCUT2D eigenvalue weighted by atomic mass is 9.85. The number of fused-ring (bicyclic) bond motifs is 2. The molecule has 2 aliphatic heterocycles. The smallest absolute Gasteiger partial charge is 0.254 e. The second kappa shape index (κ2) is 10.1. The summed E-state index contributed by atoms with van der Waals surface area (Å²) in [6.07, 6.45) is 2.46. The van der Waals surface area contributed by atoms with Crippen molar-refractivity contribution in [2.24, 2.45) is 0 Å². The van der Waals surface area contributed by atoms with Crippen molar-refractivity contribution in [2.75, 3.05) is 26.4 Å². The number of ether oxygens (including phenoxy) is 2. The molecule has 2 amide bonds. The van der Waals surface area contributed by atoms with Crippen molar-refractivity contribution in [3.8, 4) is 11.5 Å². The van der Waals surface area contributed by atoms with Crippen molar-refractivity contribution in [3.63, 3.8) is 0 Å². The van der Waals surface area contributed by atoms with Crippen molar-refractivity contribution in [1.82, 2.24) is 9.80 Å². The van der Waals surface area contributed by atoms with Gasteiger partial charge in [0, 0.05) is 23.5 Å². The first-order valence-electron chi connectivity index (χ1n) is 12.5. The van der Waals surface area contributed by atoms with Gasteiger partial charge in [-0.3, -0.25) is 9.59 Å². The molecule has 37 heavy (non-hydrogen) atoms. The molecule has 1 atom stereocenters. The largest absolute Gasteiger partial charge is 0.454 e. The fourth-order valence-electron chi connectivity index (χ4n) is 4.95. The van der Waals surface area contributed by atoms with Gasteiger partial charge in [-0.2, -0.15) is 0 Å². The average molecular weight is 517 g/mol. The van der Waals surface area contributed by atoms with Gasteiger partial charge in [-0.15, -0.1) is 17.9 Å². The van der Waals surface area contributed by atoms with Crippen LogP contribution in [0.25, 0.3) is 0 Å². The number of hydrogen-bond donors (Lipinski definition) is 0. The van der Waals surface area contributed by atoms with Crippen molar-refractivity contribution in [1.29, 1.82) is 0 Å². The molecule has 0 radical (unpaired) electrons. The van der Waals surface area contributed by atoms with Crippen LogP contribution in [0.5, 0.6) is 11.5 Å². The lowest BCUT2D eigenvalue weighted by Crippen LogP contribution is -2.46. The van der Waals surface area contributed by atoms with Crippen LogP contribution >= 0.6 is 11.3 Å². The van der Waals surface area contributed by atoms with E-state index in [9.17, 15) is 9.59 Å². The molecule has 0 N–H and O–H groups in total. The van der Waals surface area contributed by atoms with E-state index in [0.29, 0.717) is 23.6 Å². The van der Waals surface area contributed by atoms with E-state index in [0.717, 1.165) is 12.0 Å². The molecule has 0 bridgehead atoms. The molecule has 0 spiro atoms. The van der Waals surface area contributed by atoms with Crippen molar-refractivity contribution in [3.05, 3.63) is 93.7 Å². The number of hydrogen-bond acceptors (Lipinski definition) is 5. The highest BCUT2D eigenvalue weighted by atomic mass is 32.1. The number of rotatable bonds is 6. The lowest BCUT2D eigenvalue weighted by Gasteiger charge is -2.37. The monoisotopic (exact) mass is 516 g/mol. The summed E-state index contributed by atoms with van der Waals surface area (Å²) in [4.78, 5) is 32.0. The van der Waals surface area contributed by atoms with Gasteiger partial charge < -0.3 is 19.3 Å². The first-order valence-corrected chi connectivity index (χ1v) is 13.4. The molecule has 2 aliphatic rings. The normalized spacial score (nSPS) is 16.3. The fourth-order valence-corrected chi connectivity index (χ4v) is 5.86. The minimum absolute atomic E-state index is 0.0324. The van der Waals surface area contributed by atoms with Crippen molar-refractivity contribution in [2.45, 2.75) is 38.6 Å². The molecule has 1 unspecified atom stereocenters. The van der Waals surface area contributed by atoms with E-state index >= 15 is 0 Å². The zero-order chi connectivity index (χ0) is 26.2. The molecule has 0 fully saturated rings. The Kier molecular flexibility index (Phi) is 6.82. The summed E-state index contributed by atoms with van der Waals surface area (Å²) in [7, 11) is 0.